The number of nitro groups is 1. The number of nitrogens with zero attached hydrogens (tertiary/aromatic N) is 1. The highest BCUT2D eigenvalue weighted by Gasteiger charge is 2.11. The fourth-order valence-electron chi connectivity index (χ4n) is 1.92. The fourth-order valence-corrected chi connectivity index (χ4v) is 2.19. The van der Waals surface area contributed by atoms with Crippen molar-refractivity contribution >= 4 is 17.3 Å². The molecule has 0 saturated carbocycles. The van der Waals surface area contributed by atoms with Crippen LogP contribution < -0.4 is 5.32 Å². The van der Waals surface area contributed by atoms with Crippen molar-refractivity contribution < 1.29 is 4.92 Å². The Hall–Kier alpha value is -1.13. The average Bonchev–Trinajstić information content (AvgIpc) is 2.35. The first kappa shape index (κ1) is 14.9. The Balaban J connectivity index is 2.65. The van der Waals surface area contributed by atoms with Gasteiger partial charge in [0.1, 0.15) is 0 Å². The molecule has 0 bridgehead atoms. The molecule has 0 amide bonds. The van der Waals surface area contributed by atoms with Crippen molar-refractivity contribution in [2.75, 3.05) is 6.54 Å². The van der Waals surface area contributed by atoms with E-state index in [1.165, 1.54) is 12.1 Å². The van der Waals surface area contributed by atoms with Crippen molar-refractivity contribution in [3.8, 4) is 0 Å². The summed E-state index contributed by atoms with van der Waals surface area (Å²) in [4.78, 5) is 10.2. The van der Waals surface area contributed by atoms with Crippen LogP contribution in [0.15, 0.2) is 18.2 Å². The molecular weight excluding hydrogens is 252 g/mol. The number of benzene rings is 1. The third-order valence-corrected chi connectivity index (χ3v) is 3.35. The highest BCUT2D eigenvalue weighted by Crippen LogP contribution is 2.24. The molecule has 1 N–H and O–H groups in total. The number of nitro benzene ring substituents is 1. The van der Waals surface area contributed by atoms with E-state index in [1.807, 2.05) is 0 Å². The molecule has 1 rings (SSSR count). The van der Waals surface area contributed by atoms with Crippen molar-refractivity contribution in [1.29, 1.82) is 0 Å². The molecule has 1 atom stereocenters. The van der Waals surface area contributed by atoms with Gasteiger partial charge in [-0.3, -0.25) is 10.1 Å². The maximum atomic E-state index is 10.6. The second-order valence-corrected chi connectivity index (χ2v) is 4.64. The summed E-state index contributed by atoms with van der Waals surface area (Å²) in [5.74, 6) is 0. The first-order valence-electron chi connectivity index (χ1n) is 6.24. The van der Waals surface area contributed by atoms with E-state index in [9.17, 15) is 10.1 Å². The number of halogens is 1. The maximum Gasteiger partial charge on any atom is 0.270 e. The normalized spacial score (nSPS) is 12.4. The largest absolute Gasteiger partial charge is 0.314 e. The number of non-ortho nitro benzene ring substituents is 1. The molecular formula is C13H19ClN2O2. The lowest BCUT2D eigenvalue weighted by atomic mass is 10.0. The number of aryl methyl sites for hydroxylation is 1. The van der Waals surface area contributed by atoms with Crippen molar-refractivity contribution in [3.63, 3.8) is 0 Å². The van der Waals surface area contributed by atoms with Crippen LogP contribution in [0.2, 0.25) is 5.02 Å². The monoisotopic (exact) mass is 270 g/mol. The van der Waals surface area contributed by atoms with Crippen LogP contribution in [0.25, 0.3) is 0 Å². The summed E-state index contributed by atoms with van der Waals surface area (Å²) >= 11 is 6.05. The van der Waals surface area contributed by atoms with Crippen LogP contribution >= 0.6 is 11.6 Å². The second kappa shape index (κ2) is 7.34. The summed E-state index contributed by atoms with van der Waals surface area (Å²) in [6, 6.07) is 5.15. The quantitative estimate of drug-likeness (QED) is 0.609. The van der Waals surface area contributed by atoms with E-state index in [0.717, 1.165) is 31.4 Å². The van der Waals surface area contributed by atoms with E-state index in [1.54, 1.807) is 6.07 Å². The Bertz CT molecular complexity index is 410. The first-order chi connectivity index (χ1) is 8.58. The van der Waals surface area contributed by atoms with E-state index in [0.29, 0.717) is 11.1 Å². The summed E-state index contributed by atoms with van der Waals surface area (Å²) in [5.41, 5.74) is 1.01. The standard InChI is InChI=1S/C13H19ClN2O2/c1-3-11(15-4-2)7-5-10-6-8-12(16(17)18)9-13(10)14/h6,8-9,11,15H,3-5,7H2,1-2H3. The molecule has 1 unspecified atom stereocenters. The van der Waals surface area contributed by atoms with Crippen LogP contribution in [0.5, 0.6) is 0 Å². The van der Waals surface area contributed by atoms with E-state index in [-0.39, 0.29) is 5.69 Å². The zero-order chi connectivity index (χ0) is 13.5. The summed E-state index contributed by atoms with van der Waals surface area (Å²) < 4.78 is 0. The molecule has 0 saturated heterocycles. The van der Waals surface area contributed by atoms with Gasteiger partial charge in [-0.2, -0.15) is 0 Å². The van der Waals surface area contributed by atoms with E-state index in [2.05, 4.69) is 19.2 Å². The van der Waals surface area contributed by atoms with Gasteiger partial charge in [-0.15, -0.1) is 0 Å². The molecule has 1 aromatic carbocycles. The summed E-state index contributed by atoms with van der Waals surface area (Å²) in [6.45, 7) is 5.18. The molecule has 0 aliphatic rings. The van der Waals surface area contributed by atoms with Gasteiger partial charge in [-0.25, -0.2) is 0 Å². The van der Waals surface area contributed by atoms with E-state index < -0.39 is 4.92 Å². The Morgan fingerprint density at radius 2 is 2.17 bits per heavy atom. The molecule has 0 fully saturated rings. The Morgan fingerprint density at radius 1 is 1.44 bits per heavy atom. The third kappa shape index (κ3) is 4.27. The zero-order valence-corrected chi connectivity index (χ0v) is 11.5. The van der Waals surface area contributed by atoms with Crippen molar-refractivity contribution in [3.05, 3.63) is 38.9 Å². The van der Waals surface area contributed by atoms with Gasteiger partial charge < -0.3 is 5.32 Å². The van der Waals surface area contributed by atoms with Gasteiger partial charge in [0.15, 0.2) is 0 Å². The Kier molecular flexibility index (Phi) is 6.09. The molecule has 0 aliphatic carbocycles. The number of hydrogen-bond acceptors (Lipinski definition) is 3. The molecule has 18 heavy (non-hydrogen) atoms. The van der Waals surface area contributed by atoms with Crippen molar-refractivity contribution in [1.82, 2.24) is 5.32 Å². The molecule has 0 heterocycles. The SMILES string of the molecule is CCNC(CC)CCc1ccc([N+](=O)[O-])cc1Cl. The van der Waals surface area contributed by atoms with Gasteiger partial charge in [0.2, 0.25) is 0 Å². The molecule has 100 valence electrons. The number of nitrogens with one attached hydrogen (secondary N) is 1. The maximum absolute atomic E-state index is 10.6. The lowest BCUT2D eigenvalue weighted by Gasteiger charge is -2.15. The summed E-state index contributed by atoms with van der Waals surface area (Å²) in [7, 11) is 0. The lowest BCUT2D eigenvalue weighted by Crippen LogP contribution is -2.28. The van der Waals surface area contributed by atoms with Crippen LogP contribution in [0.3, 0.4) is 0 Å². The molecule has 1 aromatic rings. The van der Waals surface area contributed by atoms with Gasteiger partial charge in [-0.05, 0) is 31.4 Å². The summed E-state index contributed by atoms with van der Waals surface area (Å²) in [6.07, 6.45) is 2.89. The van der Waals surface area contributed by atoms with Gasteiger partial charge in [0.25, 0.3) is 5.69 Å². The minimum Gasteiger partial charge on any atom is -0.314 e. The van der Waals surface area contributed by atoms with Gasteiger partial charge in [0, 0.05) is 18.2 Å². The van der Waals surface area contributed by atoms with Crippen LogP contribution in [-0.4, -0.2) is 17.5 Å². The Labute approximate surface area is 112 Å². The zero-order valence-electron chi connectivity index (χ0n) is 10.8. The van der Waals surface area contributed by atoms with Gasteiger partial charge in [-0.1, -0.05) is 31.5 Å². The third-order valence-electron chi connectivity index (χ3n) is 3.00. The molecule has 0 aromatic heterocycles. The smallest absolute Gasteiger partial charge is 0.270 e. The fraction of sp³-hybridized carbons (Fsp3) is 0.538. The predicted octanol–water partition coefficient (Wildman–Crippen LogP) is 3.57. The van der Waals surface area contributed by atoms with Crippen molar-refractivity contribution in [2.24, 2.45) is 0 Å². The molecule has 5 heteroatoms. The van der Waals surface area contributed by atoms with Crippen LogP contribution in [0.4, 0.5) is 5.69 Å². The summed E-state index contributed by atoms with van der Waals surface area (Å²) in [5, 5.41) is 14.5. The van der Waals surface area contributed by atoms with Crippen LogP contribution in [0, 0.1) is 10.1 Å². The first-order valence-corrected chi connectivity index (χ1v) is 6.62. The van der Waals surface area contributed by atoms with Crippen molar-refractivity contribution in [2.45, 2.75) is 39.2 Å². The predicted molar refractivity (Wildman–Crippen MR) is 74.2 cm³/mol. The van der Waals surface area contributed by atoms with E-state index >= 15 is 0 Å². The lowest BCUT2D eigenvalue weighted by molar-refractivity contribution is -0.384. The minimum absolute atomic E-state index is 0.0440. The van der Waals surface area contributed by atoms with Gasteiger partial charge in [0.05, 0.1) is 9.95 Å². The topological polar surface area (TPSA) is 55.2 Å². The van der Waals surface area contributed by atoms with Crippen LogP contribution in [0.1, 0.15) is 32.3 Å². The van der Waals surface area contributed by atoms with Crippen LogP contribution in [-0.2, 0) is 6.42 Å². The highest BCUT2D eigenvalue weighted by molar-refractivity contribution is 6.31. The van der Waals surface area contributed by atoms with E-state index in [4.69, 9.17) is 11.6 Å². The second-order valence-electron chi connectivity index (χ2n) is 4.23. The minimum atomic E-state index is -0.427. The molecule has 0 aliphatic heterocycles. The van der Waals surface area contributed by atoms with Gasteiger partial charge >= 0.3 is 0 Å². The molecule has 0 radical (unpaired) electrons. The number of hydrogen-bond donors (Lipinski definition) is 1. The number of rotatable bonds is 7. The Morgan fingerprint density at radius 3 is 2.67 bits per heavy atom. The molecule has 4 nitrogen and oxygen atoms in total. The average molecular weight is 271 g/mol. The highest BCUT2D eigenvalue weighted by atomic mass is 35.5. The molecule has 0 spiro atoms.